The van der Waals surface area contributed by atoms with Crippen molar-refractivity contribution in [3.63, 3.8) is 0 Å². The number of sulfonamides is 1. The second kappa shape index (κ2) is 8.46. The first-order chi connectivity index (χ1) is 15.4. The quantitative estimate of drug-likeness (QED) is 0.620. The van der Waals surface area contributed by atoms with Gasteiger partial charge in [-0.3, -0.25) is 14.2 Å². The number of aromatic nitrogens is 1. The number of nitrogens with one attached hydrogen (secondary N) is 1. The number of fused-ring (bicyclic) bond motifs is 2. The topological polar surface area (TPSA) is 88.5 Å². The molecule has 1 N–H and O–H groups in total. The number of carbonyl (C=O) groups excluding carboxylic acids is 1. The zero-order chi connectivity index (χ0) is 22.3. The van der Waals surface area contributed by atoms with Crippen LogP contribution < -0.4 is 9.60 Å². The molecule has 0 spiro atoms. The summed E-state index contributed by atoms with van der Waals surface area (Å²) in [5.41, 5.74) is 2.80. The second-order valence-corrected chi connectivity index (χ2v) is 11.1. The van der Waals surface area contributed by atoms with E-state index in [1.165, 1.54) is 22.3 Å². The van der Waals surface area contributed by atoms with Crippen molar-refractivity contribution in [3.05, 3.63) is 63.3 Å². The number of aryl methyl sites for hydroxylation is 1. The molecule has 5 rings (SSSR count). The molecule has 168 valence electrons. The molecule has 2 aliphatic rings. The maximum absolute atomic E-state index is 13.1. The van der Waals surface area contributed by atoms with Crippen LogP contribution in [0, 0.1) is 0 Å². The van der Waals surface area contributed by atoms with E-state index in [2.05, 4.69) is 4.72 Å². The van der Waals surface area contributed by atoms with Crippen LogP contribution in [-0.2, 0) is 27.8 Å². The first-order valence-electron chi connectivity index (χ1n) is 10.9. The van der Waals surface area contributed by atoms with Crippen molar-refractivity contribution in [2.75, 3.05) is 13.1 Å². The third-order valence-electron chi connectivity index (χ3n) is 6.37. The Labute approximate surface area is 190 Å². The van der Waals surface area contributed by atoms with Gasteiger partial charge in [-0.05, 0) is 61.4 Å². The summed E-state index contributed by atoms with van der Waals surface area (Å²) in [5.74, 6) is -0.0707. The van der Waals surface area contributed by atoms with Crippen LogP contribution in [0.2, 0.25) is 0 Å². The van der Waals surface area contributed by atoms with E-state index < -0.39 is 10.0 Å². The molecular weight excluding hydrogens is 446 g/mol. The highest BCUT2D eigenvalue weighted by atomic mass is 32.2. The molecule has 32 heavy (non-hydrogen) atoms. The summed E-state index contributed by atoms with van der Waals surface area (Å²) in [6.07, 6.45) is 4.62. The van der Waals surface area contributed by atoms with Gasteiger partial charge in [-0.2, -0.15) is 0 Å². The average Bonchev–Trinajstić information content (AvgIpc) is 3.42. The number of thiazole rings is 1. The van der Waals surface area contributed by atoms with Gasteiger partial charge in [0, 0.05) is 19.1 Å². The summed E-state index contributed by atoms with van der Waals surface area (Å²) in [6.45, 7) is 1.45. The minimum Gasteiger partial charge on any atom is -0.341 e. The van der Waals surface area contributed by atoms with Gasteiger partial charge >= 0.3 is 4.87 Å². The highest BCUT2D eigenvalue weighted by molar-refractivity contribution is 7.89. The molecule has 9 heteroatoms. The number of hydrogen-bond acceptors (Lipinski definition) is 5. The van der Waals surface area contributed by atoms with Crippen LogP contribution in [0.4, 0.5) is 0 Å². The highest BCUT2D eigenvalue weighted by Crippen LogP contribution is 2.31. The van der Waals surface area contributed by atoms with Gasteiger partial charge in [-0.1, -0.05) is 35.6 Å². The van der Waals surface area contributed by atoms with Crippen LogP contribution in [0.5, 0.6) is 0 Å². The van der Waals surface area contributed by atoms with Gasteiger partial charge in [0.2, 0.25) is 15.9 Å². The van der Waals surface area contributed by atoms with E-state index in [0.29, 0.717) is 10.2 Å². The Hall–Kier alpha value is -2.49. The van der Waals surface area contributed by atoms with Crippen LogP contribution in [0.15, 0.2) is 52.2 Å². The van der Waals surface area contributed by atoms with Crippen molar-refractivity contribution >= 4 is 37.5 Å². The maximum atomic E-state index is 13.1. The smallest absolute Gasteiger partial charge is 0.308 e. The molecule has 1 saturated heterocycles. The summed E-state index contributed by atoms with van der Waals surface area (Å²) < 4.78 is 31.2. The summed E-state index contributed by atoms with van der Waals surface area (Å²) in [5, 5.41) is 0. The van der Waals surface area contributed by atoms with Crippen LogP contribution in [0.25, 0.3) is 10.2 Å². The lowest BCUT2D eigenvalue weighted by molar-refractivity contribution is -0.130. The lowest BCUT2D eigenvalue weighted by Crippen LogP contribution is -2.33. The summed E-state index contributed by atoms with van der Waals surface area (Å²) in [7, 11) is -3.76. The third-order valence-corrected chi connectivity index (χ3v) is 8.78. The average molecular weight is 472 g/mol. The van der Waals surface area contributed by atoms with E-state index in [4.69, 9.17) is 0 Å². The monoisotopic (exact) mass is 471 g/mol. The molecule has 1 atom stereocenters. The Morgan fingerprint density at radius 3 is 2.69 bits per heavy atom. The van der Waals surface area contributed by atoms with E-state index in [-0.39, 0.29) is 28.3 Å². The van der Waals surface area contributed by atoms with E-state index in [9.17, 15) is 18.0 Å². The SMILES string of the molecule is O=C(Cn1c(=O)sc2cc(S(=O)(=O)NC3CCCc4ccccc43)ccc21)N1CCCC1. The van der Waals surface area contributed by atoms with Crippen molar-refractivity contribution in [3.8, 4) is 0 Å². The molecule has 0 radical (unpaired) electrons. The Balaban J connectivity index is 1.41. The lowest BCUT2D eigenvalue weighted by atomic mass is 9.88. The Kier molecular flexibility index (Phi) is 5.65. The minimum absolute atomic E-state index is 0.0119. The van der Waals surface area contributed by atoms with Crippen molar-refractivity contribution in [1.82, 2.24) is 14.2 Å². The standard InChI is InChI=1S/C23H25N3O4S2/c27-22(25-12-3-4-13-25)15-26-20-11-10-17(14-21(20)31-23(26)28)32(29,30)24-19-9-5-7-16-6-1-2-8-18(16)19/h1-2,6,8,10-11,14,19,24H,3-5,7,9,12-13,15H2. The first kappa shape index (κ1) is 21.4. The van der Waals surface area contributed by atoms with Gasteiger partial charge in [0.05, 0.1) is 15.1 Å². The second-order valence-electron chi connectivity index (χ2n) is 8.44. The summed E-state index contributed by atoms with van der Waals surface area (Å²) in [6, 6.07) is 12.4. The molecule has 2 heterocycles. The predicted molar refractivity (Wildman–Crippen MR) is 124 cm³/mol. The Bertz CT molecular complexity index is 1340. The largest absolute Gasteiger partial charge is 0.341 e. The number of rotatable bonds is 5. The fourth-order valence-corrected chi connectivity index (χ4v) is 6.98. The molecular formula is C23H25N3O4S2. The summed E-state index contributed by atoms with van der Waals surface area (Å²) >= 11 is 0.973. The number of nitrogens with zero attached hydrogens (tertiary/aromatic N) is 2. The van der Waals surface area contributed by atoms with Crippen molar-refractivity contribution in [1.29, 1.82) is 0 Å². The van der Waals surface area contributed by atoms with Gasteiger partial charge in [0.15, 0.2) is 0 Å². The molecule has 2 aromatic carbocycles. The van der Waals surface area contributed by atoms with Gasteiger partial charge in [0.1, 0.15) is 6.54 Å². The van der Waals surface area contributed by atoms with Crippen molar-refractivity contribution in [2.24, 2.45) is 0 Å². The molecule has 1 amide bonds. The maximum Gasteiger partial charge on any atom is 0.308 e. The molecule has 1 unspecified atom stereocenters. The van der Waals surface area contributed by atoms with Crippen molar-refractivity contribution in [2.45, 2.75) is 49.6 Å². The fourth-order valence-electron chi connectivity index (χ4n) is 4.70. The summed E-state index contributed by atoms with van der Waals surface area (Å²) in [4.78, 5) is 26.7. The normalized spacial score (nSPS) is 18.8. The number of likely N-dealkylation sites (tertiary alicyclic amines) is 1. The molecule has 0 bridgehead atoms. The van der Waals surface area contributed by atoms with E-state index in [0.717, 1.165) is 62.1 Å². The molecule has 1 aliphatic heterocycles. The van der Waals surface area contributed by atoms with Gasteiger partial charge in [-0.15, -0.1) is 0 Å². The van der Waals surface area contributed by atoms with Crippen LogP contribution in [-0.4, -0.2) is 36.9 Å². The number of amides is 1. The number of carbonyl (C=O) groups is 1. The molecule has 1 aliphatic carbocycles. The number of benzene rings is 2. The van der Waals surface area contributed by atoms with Crippen LogP contribution >= 0.6 is 11.3 Å². The van der Waals surface area contributed by atoms with Gasteiger partial charge in [0.25, 0.3) is 0 Å². The highest BCUT2D eigenvalue weighted by Gasteiger charge is 2.26. The lowest BCUT2D eigenvalue weighted by Gasteiger charge is -2.26. The van der Waals surface area contributed by atoms with Gasteiger partial charge < -0.3 is 4.90 Å². The molecule has 3 aromatic rings. The van der Waals surface area contributed by atoms with E-state index >= 15 is 0 Å². The number of hydrogen-bond donors (Lipinski definition) is 1. The predicted octanol–water partition coefficient (Wildman–Crippen LogP) is 3.04. The first-order valence-corrected chi connectivity index (χ1v) is 13.2. The molecule has 1 fully saturated rings. The van der Waals surface area contributed by atoms with Crippen LogP contribution in [0.3, 0.4) is 0 Å². The van der Waals surface area contributed by atoms with Crippen LogP contribution in [0.1, 0.15) is 42.9 Å². The zero-order valence-corrected chi connectivity index (χ0v) is 19.3. The molecule has 7 nitrogen and oxygen atoms in total. The third kappa shape index (κ3) is 4.00. The Morgan fingerprint density at radius 1 is 1.09 bits per heavy atom. The van der Waals surface area contributed by atoms with Crippen molar-refractivity contribution < 1.29 is 13.2 Å². The van der Waals surface area contributed by atoms with E-state index in [1.54, 1.807) is 11.0 Å². The minimum atomic E-state index is -3.76. The fraction of sp³-hybridized carbons (Fsp3) is 0.391. The Morgan fingerprint density at radius 2 is 1.88 bits per heavy atom. The van der Waals surface area contributed by atoms with E-state index in [1.807, 2.05) is 24.3 Å². The molecule has 0 saturated carbocycles. The molecule has 1 aromatic heterocycles. The zero-order valence-electron chi connectivity index (χ0n) is 17.6. The van der Waals surface area contributed by atoms with Gasteiger partial charge in [-0.25, -0.2) is 13.1 Å².